The first-order valence-electron chi connectivity index (χ1n) is 36.0. The van der Waals surface area contributed by atoms with Crippen LogP contribution in [-0.2, 0) is 65.4 Å². The maximum atomic E-state index is 13.0. The van der Waals surface area contributed by atoms with E-state index in [9.17, 15) is 43.2 Å². The fourth-order valence-electron chi connectivity index (χ4n) is 10.1. The smallest absolute Gasteiger partial charge is 0.462 e. The Hall–Kier alpha value is -2.46. The summed E-state index contributed by atoms with van der Waals surface area (Å²) < 4.78 is 68.1. The molecule has 3 N–H and O–H groups in total. The summed E-state index contributed by atoms with van der Waals surface area (Å²) in [4.78, 5) is 72.3. The van der Waals surface area contributed by atoms with Gasteiger partial charge in [0.25, 0.3) is 0 Å². The first kappa shape index (κ1) is 86.5. The van der Waals surface area contributed by atoms with Gasteiger partial charge in [0, 0.05) is 25.7 Å². The van der Waals surface area contributed by atoms with Gasteiger partial charge in [0.15, 0.2) is 12.2 Å². The Bertz CT molecular complexity index is 1810. The van der Waals surface area contributed by atoms with Crippen LogP contribution in [0.3, 0.4) is 0 Å². The predicted molar refractivity (Wildman–Crippen MR) is 358 cm³/mol. The Kier molecular flexibility index (Phi) is 61.2. The number of aliphatic hydroxyl groups is 1. The highest BCUT2D eigenvalue weighted by molar-refractivity contribution is 7.47. The van der Waals surface area contributed by atoms with Crippen LogP contribution in [-0.4, -0.2) is 96.7 Å². The number of unbranched alkanes of at least 4 members (excludes halogenated alkanes) is 37. The van der Waals surface area contributed by atoms with Gasteiger partial charge >= 0.3 is 39.5 Å². The maximum Gasteiger partial charge on any atom is 0.472 e. The summed E-state index contributed by atoms with van der Waals surface area (Å²) in [6, 6.07) is 0. The molecule has 19 heteroatoms. The fourth-order valence-corrected chi connectivity index (χ4v) is 11.7. The minimum Gasteiger partial charge on any atom is -0.462 e. The summed E-state index contributed by atoms with van der Waals surface area (Å²) in [5.74, 6) is -1.47. The number of carbonyl (C=O) groups excluding carboxylic acids is 4. The minimum absolute atomic E-state index is 0.101. The van der Waals surface area contributed by atoms with Crippen LogP contribution in [0.5, 0.6) is 0 Å². The molecule has 0 saturated heterocycles. The van der Waals surface area contributed by atoms with Crippen LogP contribution >= 0.6 is 15.6 Å². The lowest BCUT2D eigenvalue weighted by atomic mass is 10.0. The molecule has 0 aromatic heterocycles. The second-order valence-electron chi connectivity index (χ2n) is 25.1. The first-order chi connectivity index (χ1) is 43.0. The highest BCUT2D eigenvalue weighted by atomic mass is 31.2. The number of phosphoric acid groups is 2. The van der Waals surface area contributed by atoms with Crippen molar-refractivity contribution in [1.29, 1.82) is 0 Å². The van der Waals surface area contributed by atoms with Crippen molar-refractivity contribution in [2.24, 2.45) is 5.92 Å². The maximum absolute atomic E-state index is 13.0. The van der Waals surface area contributed by atoms with E-state index in [0.29, 0.717) is 31.6 Å². The van der Waals surface area contributed by atoms with Crippen molar-refractivity contribution < 1.29 is 80.2 Å². The van der Waals surface area contributed by atoms with Crippen LogP contribution < -0.4 is 0 Å². The predicted octanol–water partition coefficient (Wildman–Crippen LogP) is 19.7. The molecule has 0 fully saturated rings. The molecule has 0 aromatic carbocycles. The molecule has 0 radical (unpaired) electrons. The van der Waals surface area contributed by atoms with Gasteiger partial charge in [-0.05, 0) is 57.3 Å². The molecule has 0 rings (SSSR count). The van der Waals surface area contributed by atoms with E-state index in [2.05, 4.69) is 58.9 Å². The van der Waals surface area contributed by atoms with Crippen molar-refractivity contribution >= 4 is 39.5 Å². The van der Waals surface area contributed by atoms with Crippen LogP contribution in [0.15, 0.2) is 24.3 Å². The lowest BCUT2D eigenvalue weighted by molar-refractivity contribution is -0.161. The number of phosphoric ester groups is 2. The second kappa shape index (κ2) is 63.0. The van der Waals surface area contributed by atoms with Crippen molar-refractivity contribution in [2.75, 3.05) is 39.6 Å². The molecule has 524 valence electrons. The summed E-state index contributed by atoms with van der Waals surface area (Å²) in [7, 11) is -9.90. The zero-order chi connectivity index (χ0) is 65.6. The van der Waals surface area contributed by atoms with Gasteiger partial charge in [-0.15, -0.1) is 0 Å². The van der Waals surface area contributed by atoms with Crippen LogP contribution in [0, 0.1) is 5.92 Å². The SMILES string of the molecule is CCCCCC/C=C\C=C/CCCCCCCC(=O)OC[C@H](COP(=O)(O)OC[C@@H](O)COP(=O)(O)OC[C@@H](COC(=O)CCCCCCCCC)OC(=O)CCCCCCCCCC(C)C)OC(=O)CCCCCCCCCCCCCCCCCCC. The number of hydrogen-bond acceptors (Lipinski definition) is 15. The molecule has 2 unspecified atom stereocenters. The van der Waals surface area contributed by atoms with E-state index in [1.165, 1.54) is 128 Å². The van der Waals surface area contributed by atoms with Crippen molar-refractivity contribution in [3.63, 3.8) is 0 Å². The molecule has 0 aliphatic heterocycles. The van der Waals surface area contributed by atoms with Crippen molar-refractivity contribution in [1.82, 2.24) is 0 Å². The topological polar surface area (TPSA) is 237 Å². The standard InChI is InChI=1S/C70H132O17P2/c1-6-9-12-15-18-20-22-24-26-27-29-31-33-35-40-45-50-55-69(74)86-66(60-81-68(73)54-49-44-39-34-32-30-28-25-23-21-19-16-13-10-7-2)62-85-89(78,79)83-58-64(71)57-82-88(76,77)84-61-65(59-80-67(72)53-48-43-37-17-14-11-8-3)87-70(75)56-51-46-41-36-38-42-47-52-63(4)5/h21,23,25,28,63-66,71H,6-20,22,24,26-27,29-62H2,1-5H3,(H,76,77)(H,78,79)/b23-21-,28-25-/t64-,65+,66+/m0/s1. The van der Waals surface area contributed by atoms with Gasteiger partial charge in [0.05, 0.1) is 26.4 Å². The molecule has 0 spiro atoms. The molecular weight excluding hydrogens is 1170 g/mol. The fraction of sp³-hybridized carbons (Fsp3) is 0.886. The molecule has 0 aliphatic rings. The van der Waals surface area contributed by atoms with Crippen LogP contribution in [0.25, 0.3) is 0 Å². The van der Waals surface area contributed by atoms with E-state index in [1.807, 2.05) is 0 Å². The highest BCUT2D eigenvalue weighted by Gasteiger charge is 2.30. The van der Waals surface area contributed by atoms with Crippen LogP contribution in [0.1, 0.15) is 336 Å². The van der Waals surface area contributed by atoms with Gasteiger partial charge in [0.2, 0.25) is 0 Å². The van der Waals surface area contributed by atoms with Gasteiger partial charge in [0.1, 0.15) is 19.3 Å². The number of allylic oxidation sites excluding steroid dienone is 4. The zero-order valence-corrected chi connectivity index (χ0v) is 58.8. The molecule has 17 nitrogen and oxygen atoms in total. The molecular formula is C70H132O17P2. The normalized spacial score (nSPS) is 14.3. The third kappa shape index (κ3) is 64.1. The number of ether oxygens (including phenoxy) is 4. The lowest BCUT2D eigenvalue weighted by Gasteiger charge is -2.21. The Morgan fingerprint density at radius 2 is 0.607 bits per heavy atom. The van der Waals surface area contributed by atoms with Crippen LogP contribution in [0.2, 0.25) is 0 Å². The molecule has 0 heterocycles. The monoisotopic (exact) mass is 1310 g/mol. The molecule has 0 aromatic rings. The number of esters is 4. The first-order valence-corrected chi connectivity index (χ1v) is 38.9. The summed E-state index contributed by atoms with van der Waals surface area (Å²) in [5.41, 5.74) is 0. The van der Waals surface area contributed by atoms with Gasteiger partial charge in [-0.2, -0.15) is 0 Å². The minimum atomic E-state index is -4.96. The second-order valence-corrected chi connectivity index (χ2v) is 28.0. The Balaban J connectivity index is 5.23. The van der Waals surface area contributed by atoms with Crippen LogP contribution in [0.4, 0.5) is 0 Å². The van der Waals surface area contributed by atoms with E-state index in [0.717, 1.165) is 122 Å². The Labute approximate surface area is 542 Å². The Morgan fingerprint density at radius 1 is 0.348 bits per heavy atom. The average Bonchev–Trinajstić information content (AvgIpc) is 3.65. The number of rotatable bonds is 68. The molecule has 5 atom stereocenters. The van der Waals surface area contributed by atoms with Gasteiger partial charge < -0.3 is 33.8 Å². The molecule has 89 heavy (non-hydrogen) atoms. The quantitative estimate of drug-likeness (QED) is 0.0169. The van der Waals surface area contributed by atoms with Crippen molar-refractivity contribution in [3.8, 4) is 0 Å². The summed E-state index contributed by atoms with van der Waals surface area (Å²) in [6.45, 7) is 7.07. The summed E-state index contributed by atoms with van der Waals surface area (Å²) >= 11 is 0. The van der Waals surface area contributed by atoms with Crippen molar-refractivity contribution in [2.45, 2.75) is 355 Å². The Morgan fingerprint density at radius 3 is 0.921 bits per heavy atom. The highest BCUT2D eigenvalue weighted by Crippen LogP contribution is 2.45. The third-order valence-corrected chi connectivity index (χ3v) is 17.6. The average molecular weight is 1310 g/mol. The van der Waals surface area contributed by atoms with Gasteiger partial charge in [-0.1, -0.05) is 284 Å². The number of aliphatic hydroxyl groups excluding tert-OH is 1. The molecule has 0 bridgehead atoms. The number of carbonyl (C=O) groups is 4. The van der Waals surface area contributed by atoms with E-state index in [4.69, 9.17) is 37.0 Å². The van der Waals surface area contributed by atoms with Gasteiger partial charge in [-0.25, -0.2) is 9.13 Å². The van der Waals surface area contributed by atoms with E-state index in [-0.39, 0.29) is 25.7 Å². The lowest BCUT2D eigenvalue weighted by Crippen LogP contribution is -2.30. The largest absolute Gasteiger partial charge is 0.472 e. The summed E-state index contributed by atoms with van der Waals surface area (Å²) in [5, 5.41) is 10.6. The van der Waals surface area contributed by atoms with E-state index >= 15 is 0 Å². The summed E-state index contributed by atoms with van der Waals surface area (Å²) in [6.07, 6.45) is 52.4. The third-order valence-electron chi connectivity index (χ3n) is 15.7. The van der Waals surface area contributed by atoms with E-state index in [1.54, 1.807) is 0 Å². The zero-order valence-electron chi connectivity index (χ0n) is 57.0. The van der Waals surface area contributed by atoms with E-state index < -0.39 is 97.5 Å². The van der Waals surface area contributed by atoms with Crippen molar-refractivity contribution in [3.05, 3.63) is 24.3 Å². The molecule has 0 amide bonds. The van der Waals surface area contributed by atoms with Gasteiger partial charge in [-0.3, -0.25) is 37.3 Å². The number of hydrogen-bond donors (Lipinski definition) is 3. The molecule has 0 saturated carbocycles. The molecule has 0 aliphatic carbocycles.